The van der Waals surface area contributed by atoms with E-state index in [0.717, 1.165) is 16.8 Å². The number of nitrogens with one attached hydrogen (secondary N) is 1. The molecule has 5 nitrogen and oxygen atoms in total. The fourth-order valence-electron chi connectivity index (χ4n) is 2.47. The van der Waals surface area contributed by atoms with Gasteiger partial charge in [-0.1, -0.05) is 52.8 Å². The number of aryl methyl sites for hydroxylation is 1. The van der Waals surface area contributed by atoms with Crippen LogP contribution < -0.4 is 9.62 Å². The molecule has 0 radical (unpaired) electrons. The zero-order valence-electron chi connectivity index (χ0n) is 15.8. The third kappa shape index (κ3) is 5.23. The minimum Gasteiger partial charge on any atom is -0.354 e. The van der Waals surface area contributed by atoms with Crippen molar-refractivity contribution in [2.24, 2.45) is 5.41 Å². The zero-order chi connectivity index (χ0) is 18.7. The van der Waals surface area contributed by atoms with Crippen molar-refractivity contribution in [1.82, 2.24) is 5.32 Å². The standard InChI is InChI=1S/C18H30N2O3S/c1-13(2)15-10-8-9-14(3)16(15)20(24(7,22)23)12-11-19-17(21)18(4,5)6/h8-10,13H,11-12H2,1-7H3,(H,19,21). The number of sulfonamides is 1. The van der Waals surface area contributed by atoms with Gasteiger partial charge in [0, 0.05) is 12.0 Å². The van der Waals surface area contributed by atoms with Crippen LogP contribution in [-0.2, 0) is 14.8 Å². The number of amides is 1. The summed E-state index contributed by atoms with van der Waals surface area (Å²) < 4.78 is 26.1. The van der Waals surface area contributed by atoms with Gasteiger partial charge >= 0.3 is 0 Å². The number of para-hydroxylation sites is 1. The maximum atomic E-state index is 12.3. The normalized spacial score (nSPS) is 12.3. The van der Waals surface area contributed by atoms with Crippen LogP contribution in [0.4, 0.5) is 5.69 Å². The van der Waals surface area contributed by atoms with Crippen LogP contribution in [-0.4, -0.2) is 33.7 Å². The summed E-state index contributed by atoms with van der Waals surface area (Å²) in [5.41, 5.74) is 2.12. The lowest BCUT2D eigenvalue weighted by Gasteiger charge is -2.28. The van der Waals surface area contributed by atoms with E-state index in [2.05, 4.69) is 5.32 Å². The molecule has 0 saturated heterocycles. The van der Waals surface area contributed by atoms with E-state index in [1.165, 1.54) is 10.6 Å². The van der Waals surface area contributed by atoms with E-state index in [4.69, 9.17) is 0 Å². The van der Waals surface area contributed by atoms with Gasteiger partial charge in [0.25, 0.3) is 0 Å². The van der Waals surface area contributed by atoms with Gasteiger partial charge in [0.05, 0.1) is 18.5 Å². The largest absolute Gasteiger partial charge is 0.354 e. The van der Waals surface area contributed by atoms with Gasteiger partial charge < -0.3 is 5.32 Å². The van der Waals surface area contributed by atoms with Gasteiger partial charge in [-0.2, -0.15) is 0 Å². The maximum absolute atomic E-state index is 12.3. The SMILES string of the molecule is Cc1cccc(C(C)C)c1N(CCNC(=O)C(C)(C)C)S(C)(=O)=O. The Morgan fingerprint density at radius 3 is 2.29 bits per heavy atom. The van der Waals surface area contributed by atoms with Gasteiger partial charge in [0.1, 0.15) is 0 Å². The lowest BCUT2D eigenvalue weighted by Crippen LogP contribution is -2.42. The number of rotatable bonds is 6. The van der Waals surface area contributed by atoms with Crippen LogP contribution in [0.2, 0.25) is 0 Å². The minimum atomic E-state index is -3.45. The van der Waals surface area contributed by atoms with Crippen LogP contribution in [0, 0.1) is 12.3 Å². The topological polar surface area (TPSA) is 66.5 Å². The molecule has 1 rings (SSSR count). The Morgan fingerprint density at radius 1 is 1.25 bits per heavy atom. The van der Waals surface area contributed by atoms with Crippen molar-refractivity contribution < 1.29 is 13.2 Å². The molecule has 0 aliphatic carbocycles. The summed E-state index contributed by atoms with van der Waals surface area (Å²) in [4.78, 5) is 12.0. The first-order valence-corrected chi connectivity index (χ1v) is 10.1. The second-order valence-corrected chi connectivity index (χ2v) is 9.42. The molecular formula is C18H30N2O3S. The summed E-state index contributed by atoms with van der Waals surface area (Å²) in [5, 5.41) is 2.82. The van der Waals surface area contributed by atoms with Crippen molar-refractivity contribution in [2.45, 2.75) is 47.5 Å². The highest BCUT2D eigenvalue weighted by Gasteiger charge is 2.25. The molecule has 1 aromatic carbocycles. The molecule has 6 heteroatoms. The summed E-state index contributed by atoms with van der Waals surface area (Å²) >= 11 is 0. The Labute approximate surface area is 146 Å². The second-order valence-electron chi connectivity index (χ2n) is 7.51. The van der Waals surface area contributed by atoms with E-state index in [9.17, 15) is 13.2 Å². The zero-order valence-corrected chi connectivity index (χ0v) is 16.6. The molecule has 24 heavy (non-hydrogen) atoms. The molecule has 0 atom stereocenters. The average Bonchev–Trinajstić information content (AvgIpc) is 2.41. The number of hydrogen-bond donors (Lipinski definition) is 1. The first-order valence-electron chi connectivity index (χ1n) is 8.21. The Hall–Kier alpha value is -1.56. The van der Waals surface area contributed by atoms with Gasteiger partial charge in [-0.25, -0.2) is 8.42 Å². The van der Waals surface area contributed by atoms with Crippen molar-refractivity contribution in [1.29, 1.82) is 0 Å². The van der Waals surface area contributed by atoms with Crippen LogP contribution in [0.15, 0.2) is 18.2 Å². The molecule has 0 spiro atoms. The monoisotopic (exact) mass is 354 g/mol. The fraction of sp³-hybridized carbons (Fsp3) is 0.611. The quantitative estimate of drug-likeness (QED) is 0.854. The third-order valence-electron chi connectivity index (χ3n) is 3.82. The Kier molecular flexibility index (Phi) is 6.45. The molecule has 0 aliphatic rings. The highest BCUT2D eigenvalue weighted by Crippen LogP contribution is 2.32. The van der Waals surface area contributed by atoms with Crippen molar-refractivity contribution >= 4 is 21.6 Å². The summed E-state index contributed by atoms with van der Waals surface area (Å²) in [6.45, 7) is 12.0. The van der Waals surface area contributed by atoms with Gasteiger partial charge in [-0.3, -0.25) is 9.10 Å². The smallest absolute Gasteiger partial charge is 0.232 e. The summed E-state index contributed by atoms with van der Waals surface area (Å²) in [5.74, 6) is 0.109. The number of hydrogen-bond acceptors (Lipinski definition) is 3. The molecule has 0 aliphatic heterocycles. The number of nitrogens with zero attached hydrogens (tertiary/aromatic N) is 1. The maximum Gasteiger partial charge on any atom is 0.232 e. The van der Waals surface area contributed by atoms with Gasteiger partial charge in [0.15, 0.2) is 0 Å². The van der Waals surface area contributed by atoms with E-state index in [-0.39, 0.29) is 24.9 Å². The molecule has 136 valence electrons. The number of carbonyl (C=O) groups excluding carboxylic acids is 1. The Morgan fingerprint density at radius 2 is 1.83 bits per heavy atom. The van der Waals surface area contributed by atoms with Gasteiger partial charge in [-0.15, -0.1) is 0 Å². The molecule has 0 fully saturated rings. The van der Waals surface area contributed by atoms with Crippen LogP contribution in [0.3, 0.4) is 0 Å². The molecular weight excluding hydrogens is 324 g/mol. The lowest BCUT2D eigenvalue weighted by atomic mass is 9.96. The highest BCUT2D eigenvalue weighted by atomic mass is 32.2. The third-order valence-corrected chi connectivity index (χ3v) is 4.99. The van der Waals surface area contributed by atoms with Crippen molar-refractivity contribution in [3.05, 3.63) is 29.3 Å². The fourth-order valence-corrected chi connectivity index (χ4v) is 3.47. The molecule has 1 N–H and O–H groups in total. The minimum absolute atomic E-state index is 0.0928. The first-order chi connectivity index (χ1) is 10.9. The van der Waals surface area contributed by atoms with E-state index in [1.54, 1.807) is 0 Å². The molecule has 0 saturated carbocycles. The van der Waals surface area contributed by atoms with Gasteiger partial charge in [-0.05, 0) is 24.0 Å². The predicted molar refractivity (Wildman–Crippen MR) is 99.9 cm³/mol. The number of benzene rings is 1. The van der Waals surface area contributed by atoms with Crippen LogP contribution in [0.1, 0.15) is 51.7 Å². The molecule has 1 aromatic rings. The molecule has 1 amide bonds. The number of anilines is 1. The van der Waals surface area contributed by atoms with Crippen molar-refractivity contribution in [3.8, 4) is 0 Å². The first kappa shape index (κ1) is 20.5. The molecule has 0 aromatic heterocycles. The Bertz CT molecular complexity index is 689. The van der Waals surface area contributed by atoms with Crippen LogP contribution in [0.5, 0.6) is 0 Å². The summed E-state index contributed by atoms with van der Waals surface area (Å²) in [6.07, 6.45) is 1.20. The van der Waals surface area contributed by atoms with Crippen LogP contribution >= 0.6 is 0 Å². The second kappa shape index (κ2) is 7.55. The molecule has 0 heterocycles. The van der Waals surface area contributed by atoms with E-state index < -0.39 is 15.4 Å². The molecule has 0 bridgehead atoms. The van der Waals surface area contributed by atoms with Crippen LogP contribution in [0.25, 0.3) is 0 Å². The Balaban J connectivity index is 3.12. The summed E-state index contributed by atoms with van der Waals surface area (Å²) in [7, 11) is -3.45. The highest BCUT2D eigenvalue weighted by molar-refractivity contribution is 7.92. The van der Waals surface area contributed by atoms with E-state index in [0.29, 0.717) is 0 Å². The van der Waals surface area contributed by atoms with Crippen molar-refractivity contribution in [2.75, 3.05) is 23.7 Å². The lowest BCUT2D eigenvalue weighted by molar-refractivity contribution is -0.128. The predicted octanol–water partition coefficient (Wildman–Crippen LogP) is 3.05. The van der Waals surface area contributed by atoms with E-state index >= 15 is 0 Å². The van der Waals surface area contributed by atoms with E-state index in [1.807, 2.05) is 59.7 Å². The number of carbonyl (C=O) groups is 1. The van der Waals surface area contributed by atoms with Crippen molar-refractivity contribution in [3.63, 3.8) is 0 Å². The van der Waals surface area contributed by atoms with Gasteiger partial charge in [0.2, 0.25) is 15.9 Å². The summed E-state index contributed by atoms with van der Waals surface area (Å²) in [6, 6.07) is 5.81. The average molecular weight is 355 g/mol. The molecule has 0 unspecified atom stereocenters.